The van der Waals surface area contributed by atoms with Crippen LogP contribution >= 0.6 is 23.4 Å². The number of amides is 1. The van der Waals surface area contributed by atoms with E-state index in [1.165, 1.54) is 33.3 Å². The lowest BCUT2D eigenvalue weighted by Gasteiger charge is -2.20. The van der Waals surface area contributed by atoms with Crippen LogP contribution in [0, 0.1) is 0 Å². The van der Waals surface area contributed by atoms with Crippen LogP contribution in [0.5, 0.6) is 23.0 Å². The van der Waals surface area contributed by atoms with Crippen LogP contribution in [-0.4, -0.2) is 45.2 Å². The number of hydrogen-bond donors (Lipinski definition) is 0. The van der Waals surface area contributed by atoms with E-state index < -0.39 is 17.7 Å². The van der Waals surface area contributed by atoms with Gasteiger partial charge in [-0.1, -0.05) is 17.7 Å². The molecular weight excluding hydrogens is 473 g/mol. The van der Waals surface area contributed by atoms with Gasteiger partial charge in [-0.2, -0.15) is 10.2 Å². The minimum absolute atomic E-state index is 0.163. The number of hydrogen-bond acceptors (Lipinski definition) is 8. The fraction of sp³-hybridized carbons (Fsp3) is 0.364. The Bertz CT molecular complexity index is 1030. The van der Waals surface area contributed by atoms with Gasteiger partial charge in [-0.3, -0.25) is 9.59 Å². The summed E-state index contributed by atoms with van der Waals surface area (Å²) in [5.41, 5.74) is 0.352. The summed E-state index contributed by atoms with van der Waals surface area (Å²) in [6.45, 7) is 5.60. The number of methoxy groups -OCH3 is 2. The predicted molar refractivity (Wildman–Crippen MR) is 126 cm³/mol. The van der Waals surface area contributed by atoms with Crippen molar-refractivity contribution in [2.75, 3.05) is 31.9 Å². The zero-order chi connectivity index (χ0) is 24.5. The van der Waals surface area contributed by atoms with Gasteiger partial charge in [0.1, 0.15) is 27.9 Å². The summed E-state index contributed by atoms with van der Waals surface area (Å²) in [4.78, 5) is 25.3. The first-order valence-electron chi connectivity index (χ1n) is 10.00. The van der Waals surface area contributed by atoms with Crippen molar-refractivity contribution in [3.63, 3.8) is 0 Å². The quantitative estimate of drug-likeness (QED) is 0.234. The molecule has 0 aliphatic carbocycles. The molecule has 0 saturated carbocycles. The Morgan fingerprint density at radius 2 is 1.76 bits per heavy atom. The molecule has 0 heterocycles. The molecule has 33 heavy (non-hydrogen) atoms. The minimum Gasteiger partial charge on any atom is -0.494 e. The maximum absolute atomic E-state index is 13.0. The van der Waals surface area contributed by atoms with Gasteiger partial charge in [-0.15, -0.1) is 0 Å². The molecule has 1 unspecified atom stereocenters. The average Bonchev–Trinajstić information content (AvgIpc) is 2.80. The van der Waals surface area contributed by atoms with E-state index in [2.05, 4.69) is 10.2 Å². The fourth-order valence-electron chi connectivity index (χ4n) is 2.82. The first-order valence-corrected chi connectivity index (χ1v) is 10.7. The second kappa shape index (κ2) is 12.3. The van der Waals surface area contributed by atoms with Crippen LogP contribution in [0.25, 0.3) is 0 Å². The summed E-state index contributed by atoms with van der Waals surface area (Å²) in [6.07, 6.45) is 0. The van der Waals surface area contributed by atoms with Gasteiger partial charge in [0, 0.05) is 23.9 Å². The van der Waals surface area contributed by atoms with E-state index >= 15 is 0 Å². The van der Waals surface area contributed by atoms with E-state index in [0.717, 1.165) is 4.42 Å². The van der Waals surface area contributed by atoms with E-state index in [4.69, 9.17) is 42.3 Å². The van der Waals surface area contributed by atoms with E-state index in [1.54, 1.807) is 25.1 Å². The molecular formula is C22H25Cl2N3O6. The molecule has 2 rings (SSSR count). The van der Waals surface area contributed by atoms with Crippen molar-refractivity contribution >= 4 is 46.4 Å². The second-order valence-electron chi connectivity index (χ2n) is 6.48. The summed E-state index contributed by atoms with van der Waals surface area (Å²) in [6, 6.07) is 6.43. The molecule has 0 aliphatic heterocycles. The number of para-hydroxylation sites is 1. The molecule has 0 radical (unpaired) electrons. The topological polar surface area (TPSA) is 99.0 Å². The van der Waals surface area contributed by atoms with Crippen LogP contribution < -0.4 is 23.4 Å². The highest BCUT2D eigenvalue weighted by Gasteiger charge is 2.31. The van der Waals surface area contributed by atoms with Crippen LogP contribution in [-0.2, 0) is 9.59 Å². The van der Waals surface area contributed by atoms with Crippen LogP contribution in [0.2, 0.25) is 5.02 Å². The second-order valence-corrected chi connectivity index (χ2v) is 7.20. The molecule has 0 saturated heterocycles. The fourth-order valence-corrected chi connectivity index (χ4v) is 3.24. The Morgan fingerprint density at radius 1 is 1.06 bits per heavy atom. The molecule has 0 spiro atoms. The van der Waals surface area contributed by atoms with E-state index in [0.29, 0.717) is 30.5 Å². The summed E-state index contributed by atoms with van der Waals surface area (Å²) >= 11 is 12.6. The van der Waals surface area contributed by atoms with Gasteiger partial charge in [-0.05, 0) is 32.9 Å². The summed E-state index contributed by atoms with van der Waals surface area (Å²) in [5, 5.41) is 8.13. The van der Waals surface area contributed by atoms with Crippen molar-refractivity contribution < 1.29 is 28.5 Å². The van der Waals surface area contributed by atoms with Gasteiger partial charge in [0.15, 0.2) is 17.3 Å². The number of benzene rings is 2. The average molecular weight is 498 g/mol. The van der Waals surface area contributed by atoms with Gasteiger partial charge in [0.05, 0.1) is 27.4 Å². The molecule has 178 valence electrons. The molecule has 0 aliphatic rings. The Balaban J connectivity index is 2.42. The van der Waals surface area contributed by atoms with Crippen molar-refractivity contribution in [3.05, 3.63) is 35.4 Å². The molecule has 2 aromatic rings. The molecule has 9 nitrogen and oxygen atoms in total. The third-order valence-electron chi connectivity index (χ3n) is 4.29. The summed E-state index contributed by atoms with van der Waals surface area (Å²) < 4.78 is 22.3. The number of ether oxygens (including phenoxy) is 4. The highest BCUT2D eigenvalue weighted by atomic mass is 35.5. The first kappa shape index (κ1) is 26.2. The molecule has 0 N–H and O–H groups in total. The summed E-state index contributed by atoms with van der Waals surface area (Å²) in [5.74, 6) is -0.0382. The van der Waals surface area contributed by atoms with E-state index in [1.807, 2.05) is 6.92 Å². The van der Waals surface area contributed by atoms with E-state index in [9.17, 15) is 9.59 Å². The Morgan fingerprint density at radius 3 is 2.33 bits per heavy atom. The number of carbonyl (C=O) groups is 2. The molecule has 11 heteroatoms. The SMILES string of the molecule is CCOc1cc(N=NC(C(C)=O)C(=O)N(Cl)c2cccc(OC)c2OC)c(Cl)c(OCC)c1. The molecule has 0 bridgehead atoms. The lowest BCUT2D eigenvalue weighted by Crippen LogP contribution is -2.36. The number of carbonyl (C=O) groups excluding carboxylic acids is 2. The molecule has 0 aromatic heterocycles. The number of azo groups is 1. The van der Waals surface area contributed by atoms with Crippen molar-refractivity contribution in [1.82, 2.24) is 0 Å². The number of anilines is 1. The third-order valence-corrected chi connectivity index (χ3v) is 5.02. The number of Topliss-reactive ketones (excluding diaryl/α,β-unsaturated/α-hetero) is 1. The maximum Gasteiger partial charge on any atom is 0.276 e. The zero-order valence-electron chi connectivity index (χ0n) is 18.9. The normalized spacial score (nSPS) is 11.7. The number of nitrogens with zero attached hydrogens (tertiary/aromatic N) is 3. The largest absolute Gasteiger partial charge is 0.494 e. The first-order chi connectivity index (χ1) is 15.8. The van der Waals surface area contributed by atoms with Crippen molar-refractivity contribution in [2.24, 2.45) is 10.2 Å². The van der Waals surface area contributed by atoms with E-state index in [-0.39, 0.29) is 22.1 Å². The van der Waals surface area contributed by atoms with Gasteiger partial charge < -0.3 is 18.9 Å². The minimum atomic E-state index is -1.53. The Kier molecular flexibility index (Phi) is 9.74. The Labute approximate surface area is 202 Å². The van der Waals surface area contributed by atoms with Gasteiger partial charge in [0.2, 0.25) is 6.04 Å². The Hall–Kier alpha value is -3.04. The van der Waals surface area contributed by atoms with Crippen molar-refractivity contribution in [1.29, 1.82) is 0 Å². The highest BCUT2D eigenvalue weighted by Crippen LogP contribution is 2.40. The smallest absolute Gasteiger partial charge is 0.276 e. The van der Waals surface area contributed by atoms with Gasteiger partial charge in [-0.25, -0.2) is 4.42 Å². The standard InChI is InChI=1S/C22H25Cl2N3O6/c1-6-32-14-11-15(19(23)18(12-14)33-7-2)25-26-20(13(3)28)22(29)27(24)16-9-8-10-17(30-4)21(16)31-5/h8-12,20H,6-7H2,1-5H3. The predicted octanol–water partition coefficient (Wildman–Crippen LogP) is 5.38. The maximum atomic E-state index is 13.0. The van der Waals surface area contributed by atoms with Crippen molar-refractivity contribution in [2.45, 2.75) is 26.8 Å². The third kappa shape index (κ3) is 6.27. The van der Waals surface area contributed by atoms with Crippen molar-refractivity contribution in [3.8, 4) is 23.0 Å². The zero-order valence-corrected chi connectivity index (χ0v) is 20.4. The number of halogens is 2. The van der Waals surface area contributed by atoms with Gasteiger partial charge >= 0.3 is 0 Å². The molecule has 2 aromatic carbocycles. The lowest BCUT2D eigenvalue weighted by atomic mass is 10.2. The number of rotatable bonds is 11. The van der Waals surface area contributed by atoms with Gasteiger partial charge in [0.25, 0.3) is 5.91 Å². The lowest BCUT2D eigenvalue weighted by molar-refractivity contribution is -0.126. The molecule has 0 fully saturated rings. The molecule has 1 amide bonds. The monoisotopic (exact) mass is 497 g/mol. The van der Waals surface area contributed by atoms with Crippen LogP contribution in [0.4, 0.5) is 11.4 Å². The van der Waals surface area contributed by atoms with Crippen LogP contribution in [0.3, 0.4) is 0 Å². The highest BCUT2D eigenvalue weighted by molar-refractivity contribution is 6.39. The summed E-state index contributed by atoms with van der Waals surface area (Å²) in [7, 11) is 2.85. The van der Waals surface area contributed by atoms with Crippen LogP contribution in [0.15, 0.2) is 40.6 Å². The molecule has 1 atom stereocenters. The van der Waals surface area contributed by atoms with Crippen LogP contribution in [0.1, 0.15) is 20.8 Å². The number of ketones is 1.